The molecule has 0 saturated carbocycles. The number of fused-ring (bicyclic) bond motifs is 2. The number of esters is 1. The summed E-state index contributed by atoms with van der Waals surface area (Å²) < 4.78 is 4.81. The molecule has 94 valence electrons. The van der Waals surface area contributed by atoms with Gasteiger partial charge in [0.2, 0.25) is 5.91 Å². The third-order valence-corrected chi connectivity index (χ3v) is 4.58. The lowest BCUT2D eigenvalue weighted by Crippen LogP contribution is -2.65. The molecule has 1 N–H and O–H groups in total. The summed E-state index contributed by atoms with van der Waals surface area (Å²) in [5, 5.41) is 2.78. The summed E-state index contributed by atoms with van der Waals surface area (Å²) in [6.45, 7) is 7.65. The van der Waals surface area contributed by atoms with Crippen LogP contribution >= 0.6 is 0 Å². The molecule has 3 atom stereocenters. The maximum absolute atomic E-state index is 12.1. The first-order valence-corrected chi connectivity index (χ1v) is 5.61. The minimum atomic E-state index is -0.858. The molecule has 2 aliphatic rings. The topological polar surface area (TPSA) is 58.6 Å². The third kappa shape index (κ3) is 1.23. The molecule has 2 rings (SSSR count). The highest BCUT2D eigenvalue weighted by Crippen LogP contribution is 2.50. The second kappa shape index (κ2) is 3.32. The highest BCUT2D eigenvalue weighted by Gasteiger charge is 2.65. The van der Waals surface area contributed by atoms with Gasteiger partial charge >= 0.3 is 5.97 Å². The average molecular weight is 238 g/mol. The molecule has 5 nitrogen and oxygen atoms in total. The van der Waals surface area contributed by atoms with E-state index < -0.39 is 11.5 Å². The van der Waals surface area contributed by atoms with Crippen LogP contribution in [0.1, 0.15) is 20.3 Å². The van der Waals surface area contributed by atoms with Crippen molar-refractivity contribution in [1.82, 2.24) is 10.2 Å². The summed E-state index contributed by atoms with van der Waals surface area (Å²) in [5.41, 5.74) is -0.598. The Morgan fingerprint density at radius 2 is 2.18 bits per heavy atom. The van der Waals surface area contributed by atoms with Crippen LogP contribution in [-0.2, 0) is 14.3 Å². The highest BCUT2D eigenvalue weighted by atomic mass is 16.5. The molecule has 0 aromatic carbocycles. The van der Waals surface area contributed by atoms with E-state index >= 15 is 0 Å². The lowest BCUT2D eigenvalue weighted by atomic mass is 9.85. The molecule has 3 unspecified atom stereocenters. The van der Waals surface area contributed by atoms with Gasteiger partial charge in [-0.2, -0.15) is 0 Å². The van der Waals surface area contributed by atoms with Crippen LogP contribution < -0.4 is 5.32 Å². The van der Waals surface area contributed by atoms with E-state index in [-0.39, 0.29) is 17.4 Å². The Balaban J connectivity index is 2.52. The standard InChI is InChI=1S/C12H18N2O3/c1-7-11(2)6-8(9(15)17-5)12(3,14(11)4)10(16)13-7/h8H,1,6H2,2-5H3,(H,13,16). The first-order chi connectivity index (χ1) is 7.78. The summed E-state index contributed by atoms with van der Waals surface area (Å²) in [4.78, 5) is 25.9. The Morgan fingerprint density at radius 3 is 2.71 bits per heavy atom. The average Bonchev–Trinajstić information content (AvgIpc) is 2.46. The van der Waals surface area contributed by atoms with Gasteiger partial charge in [-0.05, 0) is 27.3 Å². The molecule has 0 aromatic rings. The van der Waals surface area contributed by atoms with Crippen molar-refractivity contribution >= 4 is 11.9 Å². The predicted molar refractivity (Wildman–Crippen MR) is 62.0 cm³/mol. The molecule has 0 radical (unpaired) electrons. The number of nitrogens with one attached hydrogen (secondary N) is 1. The van der Waals surface area contributed by atoms with Gasteiger partial charge in [-0.25, -0.2) is 0 Å². The number of carbonyl (C=O) groups excluding carboxylic acids is 2. The van der Waals surface area contributed by atoms with Crippen molar-refractivity contribution < 1.29 is 14.3 Å². The number of nitrogens with zero attached hydrogens (tertiary/aromatic N) is 1. The molecule has 17 heavy (non-hydrogen) atoms. The zero-order chi connectivity index (χ0) is 13.0. The van der Waals surface area contributed by atoms with Crippen LogP contribution in [0.4, 0.5) is 0 Å². The molecule has 2 heterocycles. The van der Waals surface area contributed by atoms with Gasteiger partial charge in [0, 0.05) is 5.70 Å². The largest absolute Gasteiger partial charge is 0.469 e. The Kier molecular flexibility index (Phi) is 2.36. The lowest BCUT2D eigenvalue weighted by molar-refractivity contribution is -0.153. The zero-order valence-corrected chi connectivity index (χ0v) is 10.7. The fourth-order valence-corrected chi connectivity index (χ4v) is 2.97. The van der Waals surface area contributed by atoms with E-state index in [9.17, 15) is 9.59 Å². The quantitative estimate of drug-likeness (QED) is 0.666. The first-order valence-electron chi connectivity index (χ1n) is 5.61. The molecule has 0 aliphatic carbocycles. The van der Waals surface area contributed by atoms with Gasteiger partial charge in [-0.3, -0.25) is 14.5 Å². The molecule has 2 fully saturated rings. The van der Waals surface area contributed by atoms with Crippen molar-refractivity contribution in [3.8, 4) is 0 Å². The number of hydrogen-bond acceptors (Lipinski definition) is 4. The van der Waals surface area contributed by atoms with Crippen LogP contribution in [-0.4, -0.2) is 42.0 Å². The van der Waals surface area contributed by atoms with Crippen molar-refractivity contribution in [2.24, 2.45) is 5.92 Å². The van der Waals surface area contributed by atoms with Gasteiger partial charge in [0.25, 0.3) is 0 Å². The second-order valence-electron chi connectivity index (χ2n) is 5.19. The Labute approximate surface area is 101 Å². The lowest BCUT2D eigenvalue weighted by Gasteiger charge is -2.46. The number of hydrogen-bond donors (Lipinski definition) is 1. The van der Waals surface area contributed by atoms with E-state index in [0.29, 0.717) is 12.1 Å². The molecule has 2 aliphatic heterocycles. The first kappa shape index (κ1) is 12.1. The molecule has 2 bridgehead atoms. The summed E-state index contributed by atoms with van der Waals surface area (Å²) >= 11 is 0. The van der Waals surface area contributed by atoms with Crippen molar-refractivity contribution in [3.63, 3.8) is 0 Å². The van der Waals surface area contributed by atoms with E-state index in [2.05, 4.69) is 11.9 Å². The van der Waals surface area contributed by atoms with Gasteiger partial charge in [0.15, 0.2) is 0 Å². The van der Waals surface area contributed by atoms with Gasteiger partial charge in [-0.15, -0.1) is 0 Å². The predicted octanol–water partition coefficient (Wildman–Crippen LogP) is 0.272. The van der Waals surface area contributed by atoms with Crippen molar-refractivity contribution in [3.05, 3.63) is 12.3 Å². The number of amides is 1. The number of rotatable bonds is 1. The SMILES string of the molecule is C=C1NC(=O)C2(C)C(C(=O)OC)CC1(C)N2C. The van der Waals surface area contributed by atoms with Gasteiger partial charge in [-0.1, -0.05) is 6.58 Å². The van der Waals surface area contributed by atoms with Gasteiger partial charge < -0.3 is 10.1 Å². The maximum Gasteiger partial charge on any atom is 0.311 e. The maximum atomic E-state index is 12.1. The van der Waals surface area contributed by atoms with Crippen LogP contribution in [0.3, 0.4) is 0 Å². The monoisotopic (exact) mass is 238 g/mol. The molecule has 0 aromatic heterocycles. The minimum absolute atomic E-state index is 0.185. The Bertz CT molecular complexity index is 420. The molecule has 2 saturated heterocycles. The van der Waals surface area contributed by atoms with Crippen molar-refractivity contribution in [1.29, 1.82) is 0 Å². The van der Waals surface area contributed by atoms with Crippen LogP contribution in [0.25, 0.3) is 0 Å². The van der Waals surface area contributed by atoms with Crippen LogP contribution in [0.15, 0.2) is 12.3 Å². The summed E-state index contributed by atoms with van der Waals surface area (Å²) in [7, 11) is 3.20. The van der Waals surface area contributed by atoms with E-state index in [0.717, 1.165) is 0 Å². The Hall–Kier alpha value is -1.36. The molecule has 5 heteroatoms. The van der Waals surface area contributed by atoms with E-state index in [4.69, 9.17) is 4.74 Å². The molecular weight excluding hydrogens is 220 g/mol. The van der Waals surface area contributed by atoms with E-state index in [1.807, 2.05) is 18.9 Å². The number of carbonyl (C=O) groups is 2. The van der Waals surface area contributed by atoms with Gasteiger partial charge in [0.05, 0.1) is 18.6 Å². The van der Waals surface area contributed by atoms with E-state index in [1.165, 1.54) is 7.11 Å². The fourth-order valence-electron chi connectivity index (χ4n) is 2.97. The van der Waals surface area contributed by atoms with Crippen molar-refractivity contribution in [2.45, 2.75) is 31.3 Å². The number of likely N-dealkylation sites (N-methyl/N-ethyl adjacent to an activating group) is 1. The van der Waals surface area contributed by atoms with E-state index in [1.54, 1.807) is 6.92 Å². The smallest absolute Gasteiger partial charge is 0.311 e. The Morgan fingerprint density at radius 1 is 1.59 bits per heavy atom. The fraction of sp³-hybridized carbons (Fsp3) is 0.667. The van der Waals surface area contributed by atoms with Crippen LogP contribution in [0.5, 0.6) is 0 Å². The molecule has 0 spiro atoms. The zero-order valence-electron chi connectivity index (χ0n) is 10.7. The van der Waals surface area contributed by atoms with Crippen molar-refractivity contribution in [2.75, 3.05) is 14.2 Å². The number of ether oxygens (including phenoxy) is 1. The molecular formula is C12H18N2O3. The number of piperazine rings is 1. The third-order valence-electron chi connectivity index (χ3n) is 4.58. The highest BCUT2D eigenvalue weighted by molar-refractivity contribution is 5.95. The molecule has 1 amide bonds. The van der Waals surface area contributed by atoms with Gasteiger partial charge in [0.1, 0.15) is 5.54 Å². The second-order valence-corrected chi connectivity index (χ2v) is 5.19. The minimum Gasteiger partial charge on any atom is -0.469 e. The number of methoxy groups -OCH3 is 1. The van der Waals surface area contributed by atoms with Crippen LogP contribution in [0, 0.1) is 5.92 Å². The summed E-state index contributed by atoms with van der Waals surface area (Å²) in [6, 6.07) is 0. The van der Waals surface area contributed by atoms with Crippen LogP contribution in [0.2, 0.25) is 0 Å². The normalized spacial score (nSPS) is 41.3. The summed E-state index contributed by atoms with van der Waals surface area (Å²) in [5.74, 6) is -0.981. The summed E-state index contributed by atoms with van der Waals surface area (Å²) in [6.07, 6.45) is 0.546.